The number of carbonyl (C=O) groups excluding carboxylic acids is 1. The molecule has 2 aliphatic rings. The van der Waals surface area contributed by atoms with Crippen molar-refractivity contribution in [3.63, 3.8) is 0 Å². The van der Waals surface area contributed by atoms with Crippen LogP contribution < -0.4 is 0 Å². The molecular formula is C31H38O3. The van der Waals surface area contributed by atoms with E-state index in [1.54, 1.807) is 0 Å². The molecule has 0 saturated carbocycles. The second kappa shape index (κ2) is 12.1. The third kappa shape index (κ3) is 6.62. The smallest absolute Gasteiger partial charge is 0.430 e. The second-order valence-electron chi connectivity index (χ2n) is 9.68. The molecular weight excluding hydrogens is 420 g/mol. The van der Waals surface area contributed by atoms with Crippen LogP contribution in [0.1, 0.15) is 86.5 Å². The zero-order valence-electron chi connectivity index (χ0n) is 20.7. The van der Waals surface area contributed by atoms with Gasteiger partial charge in [-0.1, -0.05) is 74.5 Å². The SMILES string of the molecule is CCc1ccc(C2CC=C(COC(=O)OCC3=CCC(c4ccc(CC)cc4)CC3)CC2)cc1. The van der Waals surface area contributed by atoms with E-state index in [-0.39, 0.29) is 0 Å². The molecule has 0 radical (unpaired) electrons. The summed E-state index contributed by atoms with van der Waals surface area (Å²) in [6.07, 6.45) is 12.2. The van der Waals surface area contributed by atoms with E-state index in [1.165, 1.54) is 33.4 Å². The largest absolute Gasteiger partial charge is 0.508 e. The summed E-state index contributed by atoms with van der Waals surface area (Å²) in [5, 5.41) is 0. The van der Waals surface area contributed by atoms with Crippen molar-refractivity contribution in [1.82, 2.24) is 0 Å². The maximum atomic E-state index is 12.1. The fourth-order valence-corrected chi connectivity index (χ4v) is 5.04. The minimum atomic E-state index is -0.559. The van der Waals surface area contributed by atoms with Crippen LogP contribution in [-0.2, 0) is 22.3 Å². The van der Waals surface area contributed by atoms with Gasteiger partial charge in [-0.05, 0) is 96.6 Å². The Hall–Kier alpha value is -2.81. The van der Waals surface area contributed by atoms with Gasteiger partial charge in [0.15, 0.2) is 0 Å². The highest BCUT2D eigenvalue weighted by Gasteiger charge is 2.19. The summed E-state index contributed by atoms with van der Waals surface area (Å²) in [4.78, 5) is 12.1. The molecule has 0 heterocycles. The molecule has 3 heteroatoms. The highest BCUT2D eigenvalue weighted by molar-refractivity contribution is 5.60. The maximum absolute atomic E-state index is 12.1. The molecule has 0 fully saturated rings. The molecule has 180 valence electrons. The average molecular weight is 459 g/mol. The predicted molar refractivity (Wildman–Crippen MR) is 138 cm³/mol. The van der Waals surface area contributed by atoms with Crippen LogP contribution in [0.2, 0.25) is 0 Å². The van der Waals surface area contributed by atoms with Gasteiger partial charge in [-0.3, -0.25) is 0 Å². The highest BCUT2D eigenvalue weighted by atomic mass is 16.7. The molecule has 2 atom stereocenters. The van der Waals surface area contributed by atoms with Gasteiger partial charge in [0, 0.05) is 0 Å². The summed E-state index contributed by atoms with van der Waals surface area (Å²) in [6, 6.07) is 18.0. The molecule has 3 nitrogen and oxygen atoms in total. The molecule has 2 unspecified atom stereocenters. The Labute approximate surface area is 204 Å². The van der Waals surface area contributed by atoms with Crippen LogP contribution in [-0.4, -0.2) is 19.4 Å². The number of hydrogen-bond acceptors (Lipinski definition) is 3. The van der Waals surface area contributed by atoms with E-state index in [2.05, 4.69) is 74.5 Å². The van der Waals surface area contributed by atoms with Crippen molar-refractivity contribution in [2.45, 2.75) is 77.0 Å². The summed E-state index contributed by atoms with van der Waals surface area (Å²) >= 11 is 0. The number of hydrogen-bond donors (Lipinski definition) is 0. The van der Waals surface area contributed by atoms with Crippen molar-refractivity contribution in [2.24, 2.45) is 0 Å². The molecule has 0 bridgehead atoms. The van der Waals surface area contributed by atoms with E-state index in [9.17, 15) is 4.79 Å². The van der Waals surface area contributed by atoms with Gasteiger partial charge < -0.3 is 9.47 Å². The molecule has 34 heavy (non-hydrogen) atoms. The van der Waals surface area contributed by atoms with Crippen molar-refractivity contribution in [2.75, 3.05) is 13.2 Å². The van der Waals surface area contributed by atoms with E-state index >= 15 is 0 Å². The molecule has 4 rings (SSSR count). The van der Waals surface area contributed by atoms with Gasteiger partial charge in [-0.15, -0.1) is 0 Å². The van der Waals surface area contributed by atoms with Gasteiger partial charge in [0.2, 0.25) is 0 Å². The van der Waals surface area contributed by atoms with Gasteiger partial charge in [0.05, 0.1) is 0 Å². The van der Waals surface area contributed by atoms with Gasteiger partial charge in [-0.2, -0.15) is 0 Å². The lowest BCUT2D eigenvalue weighted by Gasteiger charge is -2.23. The van der Waals surface area contributed by atoms with E-state index in [4.69, 9.17) is 9.47 Å². The Balaban J connectivity index is 1.16. The fourth-order valence-electron chi connectivity index (χ4n) is 5.04. The van der Waals surface area contributed by atoms with E-state index in [0.717, 1.165) is 51.4 Å². The number of allylic oxidation sites excluding steroid dienone is 2. The monoisotopic (exact) mass is 458 g/mol. The minimum Gasteiger partial charge on any atom is -0.430 e. The molecule has 0 amide bonds. The summed E-state index contributed by atoms with van der Waals surface area (Å²) < 4.78 is 10.8. The van der Waals surface area contributed by atoms with Gasteiger partial charge in [0.25, 0.3) is 0 Å². The van der Waals surface area contributed by atoms with E-state index < -0.39 is 6.16 Å². The number of carbonyl (C=O) groups is 1. The molecule has 2 aromatic rings. The first-order valence-corrected chi connectivity index (χ1v) is 13.0. The Kier molecular flexibility index (Phi) is 8.62. The van der Waals surface area contributed by atoms with Crippen molar-refractivity contribution in [3.05, 3.63) is 94.1 Å². The lowest BCUT2D eigenvalue weighted by Crippen LogP contribution is -2.15. The number of rotatable bonds is 8. The first-order valence-electron chi connectivity index (χ1n) is 13.0. The summed E-state index contributed by atoms with van der Waals surface area (Å²) in [5.41, 5.74) is 7.99. The van der Waals surface area contributed by atoms with Crippen molar-refractivity contribution in [1.29, 1.82) is 0 Å². The summed E-state index contributed by atoms with van der Waals surface area (Å²) in [7, 11) is 0. The molecule has 0 saturated heterocycles. The van der Waals surface area contributed by atoms with Gasteiger partial charge in [0.1, 0.15) is 13.2 Å². The Morgan fingerprint density at radius 3 is 1.44 bits per heavy atom. The van der Waals surface area contributed by atoms with Crippen LogP contribution in [0.4, 0.5) is 4.79 Å². The Morgan fingerprint density at radius 2 is 1.12 bits per heavy atom. The second-order valence-corrected chi connectivity index (χ2v) is 9.68. The third-order valence-corrected chi connectivity index (χ3v) is 7.48. The Morgan fingerprint density at radius 1 is 0.706 bits per heavy atom. The van der Waals surface area contributed by atoms with E-state index in [0.29, 0.717) is 25.0 Å². The quantitative estimate of drug-likeness (QED) is 0.296. The zero-order valence-corrected chi connectivity index (χ0v) is 20.7. The predicted octanol–water partition coefficient (Wildman–Crippen LogP) is 8.05. The molecule has 0 aromatic heterocycles. The molecule has 0 aliphatic heterocycles. The molecule has 2 aromatic carbocycles. The number of benzene rings is 2. The average Bonchev–Trinajstić information content (AvgIpc) is 2.91. The first-order chi connectivity index (χ1) is 16.6. The van der Waals surface area contributed by atoms with Crippen LogP contribution in [0, 0.1) is 0 Å². The van der Waals surface area contributed by atoms with Crippen LogP contribution >= 0.6 is 0 Å². The van der Waals surface area contributed by atoms with Crippen LogP contribution in [0.15, 0.2) is 71.8 Å². The standard InChI is InChI=1S/C31H38O3/c1-3-23-5-13-27(14-6-23)29-17-9-25(10-18-29)21-33-31(32)34-22-26-11-19-30(20-12-26)28-15-7-24(4-2)8-16-28/h5-9,11,13-16,29-30H,3-4,10,12,17-22H2,1-2H3. The fraction of sp³-hybridized carbons (Fsp3) is 0.452. The highest BCUT2D eigenvalue weighted by Crippen LogP contribution is 2.33. The summed E-state index contributed by atoms with van der Waals surface area (Å²) in [5.74, 6) is 1.13. The van der Waals surface area contributed by atoms with Crippen molar-refractivity contribution >= 4 is 6.16 Å². The summed E-state index contributed by atoms with van der Waals surface area (Å²) in [6.45, 7) is 5.06. The van der Waals surface area contributed by atoms with Crippen molar-refractivity contribution in [3.8, 4) is 0 Å². The maximum Gasteiger partial charge on any atom is 0.508 e. The van der Waals surface area contributed by atoms with Gasteiger partial charge >= 0.3 is 6.16 Å². The van der Waals surface area contributed by atoms with E-state index in [1.807, 2.05) is 0 Å². The van der Waals surface area contributed by atoms with Crippen LogP contribution in [0.25, 0.3) is 0 Å². The lowest BCUT2D eigenvalue weighted by atomic mass is 9.84. The zero-order chi connectivity index (χ0) is 23.8. The van der Waals surface area contributed by atoms with Gasteiger partial charge in [-0.25, -0.2) is 4.79 Å². The minimum absolute atomic E-state index is 0.342. The molecule has 0 N–H and O–H groups in total. The number of aryl methyl sites for hydroxylation is 2. The van der Waals surface area contributed by atoms with Crippen LogP contribution in [0.3, 0.4) is 0 Å². The lowest BCUT2D eigenvalue weighted by molar-refractivity contribution is 0.0665. The topological polar surface area (TPSA) is 35.5 Å². The third-order valence-electron chi connectivity index (χ3n) is 7.48. The normalized spacial score (nSPS) is 20.3. The Bertz CT molecular complexity index is 916. The van der Waals surface area contributed by atoms with Crippen molar-refractivity contribution < 1.29 is 14.3 Å². The molecule has 2 aliphatic carbocycles. The van der Waals surface area contributed by atoms with Crippen LogP contribution in [0.5, 0.6) is 0 Å². The molecule has 0 spiro atoms. The first kappa shape index (κ1) is 24.3. The number of ether oxygens (including phenoxy) is 2.